The second-order valence-corrected chi connectivity index (χ2v) is 7.97. The summed E-state index contributed by atoms with van der Waals surface area (Å²) in [6, 6.07) is 4.02. The van der Waals surface area contributed by atoms with E-state index in [1.807, 2.05) is 0 Å². The normalized spacial score (nSPS) is 25.9. The molecule has 0 bridgehead atoms. The Bertz CT molecular complexity index is 709. The second-order valence-electron chi connectivity index (χ2n) is 5.63. The Labute approximate surface area is 133 Å². The van der Waals surface area contributed by atoms with Crippen LogP contribution in [0.3, 0.4) is 0 Å². The van der Waals surface area contributed by atoms with Crippen molar-refractivity contribution < 1.29 is 13.3 Å². The summed E-state index contributed by atoms with van der Waals surface area (Å²) in [7, 11) is -3.89. The van der Waals surface area contributed by atoms with E-state index in [1.165, 1.54) is 16.4 Å². The molecule has 0 radical (unpaired) electrons. The molecule has 3 rings (SSSR count). The minimum absolute atomic E-state index is 0.143. The average Bonchev–Trinajstić information content (AvgIpc) is 2.94. The maximum absolute atomic E-state index is 12.8. The summed E-state index contributed by atoms with van der Waals surface area (Å²) in [6.07, 6.45) is 1.66. The maximum Gasteiger partial charge on any atom is 0.290 e. The molecule has 0 saturated carbocycles. The molecule has 0 aromatic heterocycles. The highest BCUT2D eigenvalue weighted by molar-refractivity contribution is 7.89. The number of fused-ring (bicyclic) bond motifs is 1. The van der Waals surface area contributed by atoms with Crippen LogP contribution in [0.5, 0.6) is 0 Å². The predicted octanol–water partition coefficient (Wildman–Crippen LogP) is 1.62. The zero-order valence-corrected chi connectivity index (χ0v) is 13.3. The van der Waals surface area contributed by atoms with E-state index < -0.39 is 20.6 Å². The highest BCUT2D eigenvalue weighted by Crippen LogP contribution is 2.33. The van der Waals surface area contributed by atoms with E-state index in [-0.39, 0.29) is 15.8 Å². The van der Waals surface area contributed by atoms with Gasteiger partial charge >= 0.3 is 0 Å². The number of nitrogens with zero attached hydrogens (tertiary/aromatic N) is 2. The first-order valence-electron chi connectivity index (χ1n) is 7.07. The number of benzene rings is 1. The molecule has 2 atom stereocenters. The van der Waals surface area contributed by atoms with E-state index >= 15 is 0 Å². The van der Waals surface area contributed by atoms with Crippen LogP contribution in [0.4, 0.5) is 5.69 Å². The first kappa shape index (κ1) is 15.7. The van der Waals surface area contributed by atoms with Crippen molar-refractivity contribution in [2.24, 2.45) is 5.92 Å². The molecule has 7 nitrogen and oxygen atoms in total. The van der Waals surface area contributed by atoms with Crippen LogP contribution in [0.1, 0.15) is 12.8 Å². The lowest BCUT2D eigenvalue weighted by Gasteiger charge is -2.33. The number of nitro benzene ring substituents is 1. The molecule has 2 aliphatic rings. The first-order chi connectivity index (χ1) is 10.4. The van der Waals surface area contributed by atoms with Crippen LogP contribution in [-0.4, -0.2) is 43.3 Å². The fourth-order valence-corrected chi connectivity index (χ4v) is 5.04. The van der Waals surface area contributed by atoms with Gasteiger partial charge in [-0.2, -0.15) is 4.31 Å². The van der Waals surface area contributed by atoms with Gasteiger partial charge in [-0.15, -0.1) is 0 Å². The highest BCUT2D eigenvalue weighted by atomic mass is 35.5. The lowest BCUT2D eigenvalue weighted by Crippen LogP contribution is -2.46. The second kappa shape index (κ2) is 5.77. The molecule has 0 amide bonds. The molecule has 1 aromatic carbocycles. The Kier molecular flexibility index (Phi) is 4.11. The Hall–Kier alpha value is -1.22. The number of piperidine rings is 1. The number of nitrogens with one attached hydrogen (secondary N) is 1. The number of nitro groups is 1. The van der Waals surface area contributed by atoms with Gasteiger partial charge in [0.2, 0.25) is 10.0 Å². The molecule has 0 spiro atoms. The summed E-state index contributed by atoms with van der Waals surface area (Å²) in [4.78, 5) is 10.1. The molecule has 0 aliphatic carbocycles. The van der Waals surface area contributed by atoms with E-state index in [9.17, 15) is 18.5 Å². The Morgan fingerprint density at radius 3 is 2.86 bits per heavy atom. The van der Waals surface area contributed by atoms with Crippen molar-refractivity contribution in [2.75, 3.05) is 19.6 Å². The van der Waals surface area contributed by atoms with Crippen molar-refractivity contribution in [3.63, 3.8) is 0 Å². The van der Waals surface area contributed by atoms with E-state index in [2.05, 4.69) is 5.32 Å². The quantitative estimate of drug-likeness (QED) is 0.663. The molecule has 2 unspecified atom stereocenters. The molecule has 9 heteroatoms. The molecule has 2 aliphatic heterocycles. The van der Waals surface area contributed by atoms with Crippen LogP contribution in [0, 0.1) is 16.0 Å². The van der Waals surface area contributed by atoms with E-state index in [1.54, 1.807) is 0 Å². The van der Waals surface area contributed by atoms with Crippen LogP contribution in [0.25, 0.3) is 0 Å². The third-order valence-corrected chi connectivity index (χ3v) is 6.50. The van der Waals surface area contributed by atoms with E-state index in [0.29, 0.717) is 19.1 Å². The van der Waals surface area contributed by atoms with Crippen molar-refractivity contribution in [3.8, 4) is 0 Å². The summed E-state index contributed by atoms with van der Waals surface area (Å²) >= 11 is 5.75. The van der Waals surface area contributed by atoms with E-state index in [0.717, 1.165) is 25.5 Å². The summed E-state index contributed by atoms with van der Waals surface area (Å²) < 4.78 is 26.9. The SMILES string of the molecule is O=[N+]([O-])c1cc(Cl)ccc1S(=O)(=O)N1CCC2NCCC2C1. The summed E-state index contributed by atoms with van der Waals surface area (Å²) in [5.41, 5.74) is -0.473. The van der Waals surface area contributed by atoms with Gasteiger partial charge in [0.05, 0.1) is 4.92 Å². The number of hydrogen-bond donors (Lipinski definition) is 1. The maximum atomic E-state index is 12.8. The average molecular weight is 346 g/mol. The van der Waals surface area contributed by atoms with Crippen LogP contribution in [0.2, 0.25) is 5.02 Å². The van der Waals surface area contributed by atoms with Gasteiger partial charge in [0.15, 0.2) is 4.90 Å². The largest absolute Gasteiger partial charge is 0.314 e. The molecule has 2 saturated heterocycles. The summed E-state index contributed by atoms with van der Waals surface area (Å²) in [5, 5.41) is 14.6. The van der Waals surface area contributed by atoms with Crippen LogP contribution >= 0.6 is 11.6 Å². The van der Waals surface area contributed by atoms with Crippen LogP contribution < -0.4 is 5.32 Å². The van der Waals surface area contributed by atoms with E-state index in [4.69, 9.17) is 11.6 Å². The van der Waals surface area contributed by atoms with Crippen LogP contribution in [-0.2, 0) is 10.0 Å². The molecular weight excluding hydrogens is 330 g/mol. The Morgan fingerprint density at radius 2 is 2.14 bits per heavy atom. The third-order valence-electron chi connectivity index (χ3n) is 4.35. The Balaban J connectivity index is 1.95. The molecule has 2 fully saturated rings. The smallest absolute Gasteiger partial charge is 0.290 e. The van der Waals surface area contributed by atoms with Gasteiger partial charge in [0.1, 0.15) is 0 Å². The molecule has 120 valence electrons. The van der Waals surface area contributed by atoms with Crippen molar-refractivity contribution in [1.82, 2.24) is 9.62 Å². The standard InChI is InChI=1S/C13H16ClN3O4S/c14-10-1-2-13(12(7-10)17(18)19)22(20,21)16-6-4-11-9(8-16)3-5-15-11/h1-2,7,9,11,15H,3-6,8H2. The summed E-state index contributed by atoms with van der Waals surface area (Å²) in [6.45, 7) is 1.67. The van der Waals surface area contributed by atoms with Gasteiger partial charge in [-0.25, -0.2) is 8.42 Å². The zero-order chi connectivity index (χ0) is 15.9. The molecule has 1 aromatic rings. The third kappa shape index (κ3) is 2.71. The molecular formula is C13H16ClN3O4S. The number of hydrogen-bond acceptors (Lipinski definition) is 5. The van der Waals surface area contributed by atoms with Gasteiger partial charge in [0.25, 0.3) is 5.69 Å². The van der Waals surface area contributed by atoms with Gasteiger partial charge in [0, 0.05) is 30.2 Å². The Morgan fingerprint density at radius 1 is 1.36 bits per heavy atom. The first-order valence-corrected chi connectivity index (χ1v) is 8.89. The monoisotopic (exact) mass is 345 g/mol. The topological polar surface area (TPSA) is 92.5 Å². The lowest BCUT2D eigenvalue weighted by molar-refractivity contribution is -0.387. The lowest BCUT2D eigenvalue weighted by atomic mass is 9.95. The van der Waals surface area contributed by atoms with Crippen molar-refractivity contribution in [3.05, 3.63) is 33.3 Å². The summed E-state index contributed by atoms with van der Waals surface area (Å²) in [5.74, 6) is 0.273. The van der Waals surface area contributed by atoms with Crippen molar-refractivity contribution in [2.45, 2.75) is 23.8 Å². The van der Waals surface area contributed by atoms with Crippen molar-refractivity contribution >= 4 is 27.3 Å². The molecule has 2 heterocycles. The van der Waals surface area contributed by atoms with Gasteiger partial charge < -0.3 is 5.32 Å². The number of halogens is 1. The van der Waals surface area contributed by atoms with Crippen molar-refractivity contribution in [1.29, 1.82) is 0 Å². The minimum atomic E-state index is -3.89. The zero-order valence-electron chi connectivity index (χ0n) is 11.7. The van der Waals surface area contributed by atoms with Gasteiger partial charge in [-0.05, 0) is 37.4 Å². The van der Waals surface area contributed by atoms with Gasteiger partial charge in [-0.1, -0.05) is 11.6 Å². The fraction of sp³-hybridized carbons (Fsp3) is 0.538. The molecule has 22 heavy (non-hydrogen) atoms. The van der Waals surface area contributed by atoms with Crippen LogP contribution in [0.15, 0.2) is 23.1 Å². The highest BCUT2D eigenvalue weighted by Gasteiger charge is 2.39. The molecule has 1 N–H and O–H groups in total. The minimum Gasteiger partial charge on any atom is -0.314 e. The predicted molar refractivity (Wildman–Crippen MR) is 81.4 cm³/mol. The number of rotatable bonds is 3. The fourth-order valence-electron chi connectivity index (χ4n) is 3.22. The number of sulfonamides is 1. The van der Waals surface area contributed by atoms with Gasteiger partial charge in [-0.3, -0.25) is 10.1 Å².